The van der Waals surface area contributed by atoms with Crippen molar-refractivity contribution in [1.29, 1.82) is 5.41 Å². The Bertz CT molecular complexity index is 485. The summed E-state index contributed by atoms with van der Waals surface area (Å²) in [6.07, 6.45) is 1.94. The molecule has 0 spiro atoms. The van der Waals surface area contributed by atoms with Crippen molar-refractivity contribution in [1.82, 2.24) is 4.90 Å². The summed E-state index contributed by atoms with van der Waals surface area (Å²) in [6.45, 7) is 0. The van der Waals surface area contributed by atoms with Crippen molar-refractivity contribution in [2.24, 2.45) is 5.73 Å². The molecule has 1 aliphatic heterocycles. The van der Waals surface area contributed by atoms with Gasteiger partial charge in [0.15, 0.2) is 0 Å². The fourth-order valence-electron chi connectivity index (χ4n) is 1.61. The number of hydrogen-bond acceptors (Lipinski definition) is 4. The van der Waals surface area contributed by atoms with Crippen LogP contribution in [0, 0.1) is 5.41 Å². The smallest absolute Gasteiger partial charge is 0.266 e. The van der Waals surface area contributed by atoms with Crippen LogP contribution >= 0.6 is 0 Å². The van der Waals surface area contributed by atoms with Crippen molar-refractivity contribution in [3.05, 3.63) is 47.3 Å². The van der Waals surface area contributed by atoms with Gasteiger partial charge in [0.2, 0.25) is 0 Å². The maximum absolute atomic E-state index is 11.9. The van der Waals surface area contributed by atoms with Crippen molar-refractivity contribution in [2.75, 3.05) is 0 Å². The lowest BCUT2D eigenvalue weighted by atomic mass is 10.1. The molecule has 1 aliphatic rings. The molecule has 0 saturated heterocycles. The van der Waals surface area contributed by atoms with E-state index in [1.54, 1.807) is 24.3 Å². The number of fused-ring (bicyclic) bond motifs is 1. The maximum Gasteiger partial charge on any atom is 0.266 e. The summed E-state index contributed by atoms with van der Waals surface area (Å²) in [7, 11) is 0. The number of rotatable bonds is 2. The second-order valence-corrected chi connectivity index (χ2v) is 3.23. The summed E-state index contributed by atoms with van der Waals surface area (Å²) in [5.74, 6) is -0.887. The number of carbonyl (C=O) groups is 2. The van der Waals surface area contributed by atoms with Gasteiger partial charge in [-0.25, -0.2) is 4.90 Å². The molecule has 0 unspecified atom stereocenters. The average Bonchev–Trinajstić information content (AvgIpc) is 2.57. The zero-order valence-electron chi connectivity index (χ0n) is 8.31. The zero-order valence-corrected chi connectivity index (χ0v) is 8.31. The number of nitrogens with one attached hydrogen (secondary N) is 1. The predicted octanol–water partition coefficient (Wildman–Crippen LogP) is 0.732. The maximum atomic E-state index is 11.9. The van der Waals surface area contributed by atoms with E-state index in [0.717, 1.165) is 17.3 Å². The number of amides is 2. The highest BCUT2D eigenvalue weighted by atomic mass is 16.2. The molecule has 3 N–H and O–H groups in total. The van der Waals surface area contributed by atoms with Crippen LogP contribution in [0.1, 0.15) is 20.7 Å². The van der Waals surface area contributed by atoms with E-state index in [-0.39, 0.29) is 5.70 Å². The molecule has 0 aliphatic carbocycles. The topological polar surface area (TPSA) is 87.2 Å². The Morgan fingerprint density at radius 3 is 2.06 bits per heavy atom. The van der Waals surface area contributed by atoms with Gasteiger partial charge in [0.1, 0.15) is 0 Å². The number of allylic oxidation sites excluding steroid dienone is 1. The van der Waals surface area contributed by atoms with Crippen LogP contribution in [0.2, 0.25) is 0 Å². The van der Waals surface area contributed by atoms with E-state index in [0.29, 0.717) is 11.1 Å². The van der Waals surface area contributed by atoms with Gasteiger partial charge in [-0.15, -0.1) is 0 Å². The molecular formula is C11H9N3O2. The molecule has 0 saturated carbocycles. The summed E-state index contributed by atoms with van der Waals surface area (Å²) in [4.78, 5) is 24.6. The normalized spacial score (nSPS) is 15.2. The first kappa shape index (κ1) is 10.1. The van der Waals surface area contributed by atoms with Gasteiger partial charge in [-0.1, -0.05) is 12.1 Å². The van der Waals surface area contributed by atoms with E-state index in [2.05, 4.69) is 0 Å². The number of hydrogen-bond donors (Lipinski definition) is 2. The standard InChI is InChI=1S/C11H9N3O2/c12-5-7(6-13)14-10(15)8-3-1-2-4-9(8)11(14)16/h1-6,12H,13H2/b7-6+,12-5?. The monoisotopic (exact) mass is 215 g/mol. The molecule has 80 valence electrons. The molecule has 16 heavy (non-hydrogen) atoms. The first-order chi connectivity index (χ1) is 7.70. The Morgan fingerprint density at radius 2 is 1.69 bits per heavy atom. The van der Waals surface area contributed by atoms with Gasteiger partial charge >= 0.3 is 0 Å². The molecule has 1 heterocycles. The lowest BCUT2D eigenvalue weighted by Gasteiger charge is -2.12. The molecule has 0 aromatic heterocycles. The molecule has 2 rings (SSSR count). The number of nitrogens with zero attached hydrogens (tertiary/aromatic N) is 1. The van der Waals surface area contributed by atoms with Gasteiger partial charge in [0, 0.05) is 12.4 Å². The summed E-state index contributed by atoms with van der Waals surface area (Å²) in [5.41, 5.74) is 6.02. The molecule has 1 aromatic rings. The van der Waals surface area contributed by atoms with E-state index in [1.807, 2.05) is 0 Å². The van der Waals surface area contributed by atoms with E-state index >= 15 is 0 Å². The van der Waals surface area contributed by atoms with Crippen LogP contribution in [0.15, 0.2) is 36.2 Å². The molecule has 2 amide bonds. The Kier molecular flexibility index (Phi) is 2.28. The van der Waals surface area contributed by atoms with Crippen molar-refractivity contribution in [3.63, 3.8) is 0 Å². The molecule has 0 fully saturated rings. The molecule has 0 bridgehead atoms. The van der Waals surface area contributed by atoms with Crippen LogP contribution in [-0.2, 0) is 0 Å². The number of carbonyl (C=O) groups excluding carboxylic acids is 2. The molecule has 5 heteroatoms. The minimum absolute atomic E-state index is 0.0752. The van der Waals surface area contributed by atoms with E-state index in [1.165, 1.54) is 0 Å². The minimum Gasteiger partial charge on any atom is -0.403 e. The molecule has 0 atom stereocenters. The van der Waals surface area contributed by atoms with Gasteiger partial charge < -0.3 is 11.1 Å². The fourth-order valence-corrected chi connectivity index (χ4v) is 1.61. The van der Waals surface area contributed by atoms with Gasteiger partial charge in [-0.3, -0.25) is 9.59 Å². The third-order valence-corrected chi connectivity index (χ3v) is 2.37. The second-order valence-electron chi connectivity index (χ2n) is 3.23. The van der Waals surface area contributed by atoms with Gasteiger partial charge in [-0.05, 0) is 12.1 Å². The molecule has 5 nitrogen and oxygen atoms in total. The highest BCUT2D eigenvalue weighted by Gasteiger charge is 2.36. The van der Waals surface area contributed by atoms with Crippen LogP contribution in [0.25, 0.3) is 0 Å². The van der Waals surface area contributed by atoms with E-state index in [9.17, 15) is 9.59 Å². The zero-order chi connectivity index (χ0) is 11.7. The lowest BCUT2D eigenvalue weighted by molar-refractivity contribution is 0.0713. The number of imide groups is 1. The van der Waals surface area contributed by atoms with E-state index < -0.39 is 11.8 Å². The number of benzene rings is 1. The summed E-state index contributed by atoms with van der Waals surface area (Å²) >= 11 is 0. The van der Waals surface area contributed by atoms with Crippen LogP contribution < -0.4 is 5.73 Å². The Hall–Kier alpha value is -2.43. The van der Waals surface area contributed by atoms with Crippen molar-refractivity contribution in [2.45, 2.75) is 0 Å². The summed E-state index contributed by atoms with van der Waals surface area (Å²) in [5, 5.41) is 7.09. The van der Waals surface area contributed by atoms with Crippen molar-refractivity contribution >= 4 is 18.0 Å². The summed E-state index contributed by atoms with van der Waals surface area (Å²) in [6, 6.07) is 6.52. The highest BCUT2D eigenvalue weighted by Crippen LogP contribution is 2.24. The molecular weight excluding hydrogens is 206 g/mol. The average molecular weight is 215 g/mol. The quantitative estimate of drug-likeness (QED) is 0.563. The van der Waals surface area contributed by atoms with Crippen LogP contribution in [0.4, 0.5) is 0 Å². The fraction of sp³-hybridized carbons (Fsp3) is 0. The van der Waals surface area contributed by atoms with Gasteiger partial charge in [-0.2, -0.15) is 0 Å². The lowest BCUT2D eigenvalue weighted by Crippen LogP contribution is -2.30. The third-order valence-electron chi connectivity index (χ3n) is 2.37. The van der Waals surface area contributed by atoms with Crippen LogP contribution in [0.5, 0.6) is 0 Å². The molecule has 1 aromatic carbocycles. The summed E-state index contributed by atoms with van der Waals surface area (Å²) < 4.78 is 0. The van der Waals surface area contributed by atoms with Crippen LogP contribution in [0.3, 0.4) is 0 Å². The minimum atomic E-state index is -0.444. The van der Waals surface area contributed by atoms with Gasteiger partial charge in [0.05, 0.1) is 16.8 Å². The second kappa shape index (κ2) is 3.62. The van der Waals surface area contributed by atoms with Crippen molar-refractivity contribution in [3.8, 4) is 0 Å². The largest absolute Gasteiger partial charge is 0.403 e. The number of nitrogens with two attached hydrogens (primary N) is 1. The SMILES string of the molecule is N=C/C(=C\N)N1C(=O)c2ccccc2C1=O. The Labute approximate surface area is 91.7 Å². The first-order valence-corrected chi connectivity index (χ1v) is 4.61. The molecule has 0 radical (unpaired) electrons. The van der Waals surface area contributed by atoms with Crippen molar-refractivity contribution < 1.29 is 9.59 Å². The predicted molar refractivity (Wildman–Crippen MR) is 58.0 cm³/mol. The van der Waals surface area contributed by atoms with E-state index in [4.69, 9.17) is 11.1 Å². The third kappa shape index (κ3) is 1.22. The van der Waals surface area contributed by atoms with Crippen LogP contribution in [-0.4, -0.2) is 22.9 Å². The first-order valence-electron chi connectivity index (χ1n) is 4.61. The highest BCUT2D eigenvalue weighted by molar-refractivity contribution is 6.23. The Balaban J connectivity index is 2.54. The van der Waals surface area contributed by atoms with Gasteiger partial charge in [0.25, 0.3) is 11.8 Å². The Morgan fingerprint density at radius 1 is 1.19 bits per heavy atom.